The van der Waals surface area contributed by atoms with Crippen LogP contribution in [-0.2, 0) is 0 Å². The molecule has 2 rings (SSSR count). The Kier molecular flexibility index (Phi) is 4.42. The van der Waals surface area contributed by atoms with Crippen molar-refractivity contribution in [3.05, 3.63) is 0 Å². The van der Waals surface area contributed by atoms with Crippen LogP contribution < -0.4 is 10.6 Å². The van der Waals surface area contributed by atoms with Gasteiger partial charge in [-0.2, -0.15) is 0 Å². The number of hydrogen-bond acceptors (Lipinski definition) is 3. The van der Waals surface area contributed by atoms with Crippen molar-refractivity contribution in [2.24, 2.45) is 5.92 Å². The lowest BCUT2D eigenvalue weighted by molar-refractivity contribution is 0.338. The molecule has 2 heterocycles. The Morgan fingerprint density at radius 3 is 2.73 bits per heavy atom. The van der Waals surface area contributed by atoms with Crippen molar-refractivity contribution in [3.63, 3.8) is 0 Å². The lowest BCUT2D eigenvalue weighted by Gasteiger charge is -2.23. The summed E-state index contributed by atoms with van der Waals surface area (Å²) >= 11 is 0. The average molecular weight is 211 g/mol. The van der Waals surface area contributed by atoms with E-state index in [0.29, 0.717) is 0 Å². The normalized spacial score (nSPS) is 29.8. The number of likely N-dealkylation sites (N-methyl/N-ethyl adjacent to an activating group) is 1. The molecule has 0 amide bonds. The van der Waals surface area contributed by atoms with Gasteiger partial charge in [-0.25, -0.2) is 0 Å². The van der Waals surface area contributed by atoms with Gasteiger partial charge in [-0.05, 0) is 64.8 Å². The maximum absolute atomic E-state index is 3.70. The second kappa shape index (κ2) is 5.83. The summed E-state index contributed by atoms with van der Waals surface area (Å²) in [7, 11) is 2.22. The summed E-state index contributed by atoms with van der Waals surface area (Å²) in [5.41, 5.74) is 0. The van der Waals surface area contributed by atoms with Crippen LogP contribution in [0.3, 0.4) is 0 Å². The van der Waals surface area contributed by atoms with Crippen LogP contribution in [0.5, 0.6) is 0 Å². The molecule has 0 spiro atoms. The van der Waals surface area contributed by atoms with Crippen LogP contribution in [0.4, 0.5) is 0 Å². The predicted octanol–water partition coefficient (Wildman–Crippen LogP) is 0.670. The highest BCUT2D eigenvalue weighted by molar-refractivity contribution is 4.79. The Bertz CT molecular complexity index is 173. The van der Waals surface area contributed by atoms with Crippen molar-refractivity contribution in [1.29, 1.82) is 0 Å². The number of hydrogen-bond donors (Lipinski definition) is 2. The minimum Gasteiger partial charge on any atom is -0.317 e. The van der Waals surface area contributed by atoms with E-state index in [1.54, 1.807) is 0 Å². The Hall–Kier alpha value is -0.120. The second-order valence-electron chi connectivity index (χ2n) is 5.18. The lowest BCUT2D eigenvalue weighted by Crippen LogP contribution is -2.34. The molecule has 0 aromatic carbocycles. The molecular weight excluding hydrogens is 186 g/mol. The number of nitrogens with one attached hydrogen (secondary N) is 2. The average Bonchev–Trinajstić information content (AvgIpc) is 2.66. The number of nitrogens with zero attached hydrogens (tertiary/aromatic N) is 1. The van der Waals surface area contributed by atoms with Crippen LogP contribution in [0.2, 0.25) is 0 Å². The summed E-state index contributed by atoms with van der Waals surface area (Å²) in [6.07, 6.45) is 5.48. The molecule has 2 N–H and O–H groups in total. The molecule has 0 radical (unpaired) electrons. The molecule has 1 atom stereocenters. The Labute approximate surface area is 93.6 Å². The zero-order chi connectivity index (χ0) is 10.5. The molecule has 3 nitrogen and oxygen atoms in total. The fourth-order valence-corrected chi connectivity index (χ4v) is 2.76. The topological polar surface area (TPSA) is 27.3 Å². The molecule has 15 heavy (non-hydrogen) atoms. The maximum atomic E-state index is 3.70. The molecular formula is C12H25N3. The molecule has 88 valence electrons. The zero-order valence-electron chi connectivity index (χ0n) is 9.97. The smallest absolute Gasteiger partial charge is 0.0207 e. The first-order chi connectivity index (χ1) is 7.34. The van der Waals surface area contributed by atoms with Crippen LogP contribution in [0, 0.1) is 5.92 Å². The molecule has 0 aromatic rings. The summed E-state index contributed by atoms with van der Waals surface area (Å²) < 4.78 is 0. The third-order valence-electron chi connectivity index (χ3n) is 3.84. The van der Waals surface area contributed by atoms with E-state index < -0.39 is 0 Å². The summed E-state index contributed by atoms with van der Waals surface area (Å²) in [5.74, 6) is 0.970. The maximum Gasteiger partial charge on any atom is 0.0207 e. The van der Waals surface area contributed by atoms with Crippen molar-refractivity contribution < 1.29 is 0 Å². The summed E-state index contributed by atoms with van der Waals surface area (Å²) in [6, 6.07) is 0.761. The van der Waals surface area contributed by atoms with Crippen molar-refractivity contribution in [2.45, 2.75) is 31.7 Å². The van der Waals surface area contributed by atoms with Gasteiger partial charge in [0.2, 0.25) is 0 Å². The predicted molar refractivity (Wildman–Crippen MR) is 64.1 cm³/mol. The van der Waals surface area contributed by atoms with Gasteiger partial charge < -0.3 is 15.5 Å². The minimum atomic E-state index is 0.761. The van der Waals surface area contributed by atoms with E-state index in [1.807, 2.05) is 0 Å². The molecule has 0 saturated carbocycles. The Morgan fingerprint density at radius 1 is 1.27 bits per heavy atom. The zero-order valence-corrected chi connectivity index (χ0v) is 9.97. The number of rotatable bonds is 4. The van der Waals surface area contributed by atoms with Crippen LogP contribution >= 0.6 is 0 Å². The standard InChI is InChI=1S/C12H25N3/c1-15-9-5-12(10-15)14-8-4-11-2-6-13-7-3-11/h11-14H,2-10H2,1H3. The van der Waals surface area contributed by atoms with Gasteiger partial charge in [-0.15, -0.1) is 0 Å². The van der Waals surface area contributed by atoms with Gasteiger partial charge in [-0.1, -0.05) is 0 Å². The largest absolute Gasteiger partial charge is 0.317 e. The van der Waals surface area contributed by atoms with Crippen molar-refractivity contribution in [1.82, 2.24) is 15.5 Å². The van der Waals surface area contributed by atoms with Crippen LogP contribution in [0.15, 0.2) is 0 Å². The molecule has 2 aliphatic rings. The van der Waals surface area contributed by atoms with E-state index in [-0.39, 0.29) is 0 Å². The summed E-state index contributed by atoms with van der Waals surface area (Å²) in [4.78, 5) is 2.42. The molecule has 2 saturated heterocycles. The van der Waals surface area contributed by atoms with E-state index in [0.717, 1.165) is 12.0 Å². The third-order valence-corrected chi connectivity index (χ3v) is 3.84. The fourth-order valence-electron chi connectivity index (χ4n) is 2.76. The monoisotopic (exact) mass is 211 g/mol. The van der Waals surface area contributed by atoms with E-state index in [1.165, 1.54) is 58.4 Å². The molecule has 0 aromatic heterocycles. The highest BCUT2D eigenvalue weighted by atomic mass is 15.2. The number of piperidine rings is 1. The first-order valence-electron chi connectivity index (χ1n) is 6.47. The van der Waals surface area contributed by atoms with E-state index >= 15 is 0 Å². The fraction of sp³-hybridized carbons (Fsp3) is 1.00. The highest BCUT2D eigenvalue weighted by Crippen LogP contribution is 2.15. The van der Waals surface area contributed by atoms with Gasteiger partial charge in [0.25, 0.3) is 0 Å². The van der Waals surface area contributed by atoms with Gasteiger partial charge in [0, 0.05) is 12.6 Å². The van der Waals surface area contributed by atoms with Gasteiger partial charge in [0.15, 0.2) is 0 Å². The van der Waals surface area contributed by atoms with Crippen molar-refractivity contribution >= 4 is 0 Å². The molecule has 0 aliphatic carbocycles. The van der Waals surface area contributed by atoms with Gasteiger partial charge in [0.05, 0.1) is 0 Å². The SMILES string of the molecule is CN1CCC(NCCC2CCNCC2)C1. The molecule has 3 heteroatoms. The number of likely N-dealkylation sites (tertiary alicyclic amines) is 1. The van der Waals surface area contributed by atoms with Gasteiger partial charge in [0.1, 0.15) is 0 Å². The first-order valence-corrected chi connectivity index (χ1v) is 6.47. The molecule has 1 unspecified atom stereocenters. The van der Waals surface area contributed by atoms with Crippen molar-refractivity contribution in [3.8, 4) is 0 Å². The highest BCUT2D eigenvalue weighted by Gasteiger charge is 2.19. The summed E-state index contributed by atoms with van der Waals surface area (Å²) in [5, 5.41) is 7.12. The lowest BCUT2D eigenvalue weighted by atomic mass is 9.94. The third kappa shape index (κ3) is 3.74. The molecule has 2 fully saturated rings. The minimum absolute atomic E-state index is 0.761. The van der Waals surface area contributed by atoms with Crippen molar-refractivity contribution in [2.75, 3.05) is 39.8 Å². The van der Waals surface area contributed by atoms with Crippen LogP contribution in [-0.4, -0.2) is 50.7 Å². The Balaban J connectivity index is 1.54. The second-order valence-corrected chi connectivity index (χ2v) is 5.18. The van der Waals surface area contributed by atoms with Crippen LogP contribution in [0.1, 0.15) is 25.7 Å². The van der Waals surface area contributed by atoms with Crippen LogP contribution in [0.25, 0.3) is 0 Å². The Morgan fingerprint density at radius 2 is 2.07 bits per heavy atom. The van der Waals surface area contributed by atoms with Gasteiger partial charge in [-0.3, -0.25) is 0 Å². The van der Waals surface area contributed by atoms with E-state index in [2.05, 4.69) is 22.6 Å². The van der Waals surface area contributed by atoms with E-state index in [9.17, 15) is 0 Å². The first kappa shape index (κ1) is 11.4. The molecule has 0 bridgehead atoms. The van der Waals surface area contributed by atoms with E-state index in [4.69, 9.17) is 0 Å². The molecule has 2 aliphatic heterocycles. The quantitative estimate of drug-likeness (QED) is 0.716. The summed E-state index contributed by atoms with van der Waals surface area (Å²) in [6.45, 7) is 6.20. The van der Waals surface area contributed by atoms with Gasteiger partial charge >= 0.3 is 0 Å².